The van der Waals surface area contributed by atoms with E-state index in [9.17, 15) is 8.42 Å². The fourth-order valence-corrected chi connectivity index (χ4v) is 3.84. The van der Waals surface area contributed by atoms with E-state index in [1.165, 1.54) is 0 Å². The van der Waals surface area contributed by atoms with Crippen molar-refractivity contribution in [1.29, 1.82) is 0 Å². The highest BCUT2D eigenvalue weighted by Gasteiger charge is 2.39. The van der Waals surface area contributed by atoms with Gasteiger partial charge >= 0.3 is 0 Å². The summed E-state index contributed by atoms with van der Waals surface area (Å²) >= 11 is 0. The lowest BCUT2D eigenvalue weighted by molar-refractivity contribution is 0.421. The summed E-state index contributed by atoms with van der Waals surface area (Å²) in [7, 11) is -3.11. The summed E-state index contributed by atoms with van der Waals surface area (Å²) in [6, 6.07) is 9.94. The second kappa shape index (κ2) is 5.82. The molecular weight excluding hydrogens is 248 g/mol. The van der Waals surface area contributed by atoms with Gasteiger partial charge in [-0.2, -0.15) is 0 Å². The molecule has 0 heterocycles. The molecule has 5 heteroatoms. The average molecular weight is 268 g/mol. The fourth-order valence-electron chi connectivity index (χ4n) is 1.99. The van der Waals surface area contributed by atoms with Crippen molar-refractivity contribution in [3.8, 4) is 0 Å². The van der Waals surface area contributed by atoms with Gasteiger partial charge in [-0.25, -0.2) is 12.7 Å². The Hall–Kier alpha value is -0.910. The Morgan fingerprint density at radius 1 is 1.17 bits per heavy atom. The van der Waals surface area contributed by atoms with E-state index >= 15 is 0 Å². The van der Waals surface area contributed by atoms with Crippen molar-refractivity contribution in [2.75, 3.05) is 19.6 Å². The van der Waals surface area contributed by atoms with Crippen LogP contribution >= 0.6 is 0 Å². The lowest BCUT2D eigenvalue weighted by Crippen LogP contribution is -2.38. The van der Waals surface area contributed by atoms with Gasteiger partial charge in [-0.1, -0.05) is 30.3 Å². The van der Waals surface area contributed by atoms with Gasteiger partial charge in [0.05, 0.1) is 5.25 Å². The van der Waals surface area contributed by atoms with Gasteiger partial charge in [-0.05, 0) is 24.8 Å². The van der Waals surface area contributed by atoms with Crippen LogP contribution in [0.15, 0.2) is 30.3 Å². The lowest BCUT2D eigenvalue weighted by Gasteiger charge is -2.21. The van der Waals surface area contributed by atoms with Gasteiger partial charge in [-0.3, -0.25) is 0 Å². The molecular formula is C13H20N2O2S. The quantitative estimate of drug-likeness (QED) is 0.802. The third kappa shape index (κ3) is 3.31. The summed E-state index contributed by atoms with van der Waals surface area (Å²) in [5, 5.41) is -0.153. The standard InChI is InChI=1S/C13H20N2O2S/c14-9-11-15(18(16,17)13-6-7-13)10-8-12-4-2-1-3-5-12/h1-5,13H,6-11,14H2. The van der Waals surface area contributed by atoms with Crippen LogP contribution in [0.4, 0.5) is 0 Å². The second-order valence-corrected chi connectivity index (χ2v) is 6.88. The van der Waals surface area contributed by atoms with E-state index in [0.29, 0.717) is 19.6 Å². The molecule has 1 saturated carbocycles. The van der Waals surface area contributed by atoms with Gasteiger partial charge in [0, 0.05) is 19.6 Å². The van der Waals surface area contributed by atoms with E-state index in [0.717, 1.165) is 24.8 Å². The maximum absolute atomic E-state index is 12.2. The van der Waals surface area contributed by atoms with Crippen molar-refractivity contribution >= 4 is 10.0 Å². The van der Waals surface area contributed by atoms with Crippen LogP contribution in [-0.2, 0) is 16.4 Å². The zero-order valence-electron chi connectivity index (χ0n) is 10.5. The Kier molecular flexibility index (Phi) is 4.37. The van der Waals surface area contributed by atoms with Crippen molar-refractivity contribution in [3.63, 3.8) is 0 Å². The number of hydrogen-bond donors (Lipinski definition) is 1. The van der Waals surface area contributed by atoms with E-state index in [-0.39, 0.29) is 5.25 Å². The Labute approximate surface area is 109 Å². The maximum Gasteiger partial charge on any atom is 0.217 e. The van der Waals surface area contributed by atoms with Gasteiger partial charge in [0.1, 0.15) is 0 Å². The minimum Gasteiger partial charge on any atom is -0.329 e. The van der Waals surface area contributed by atoms with Crippen molar-refractivity contribution in [2.24, 2.45) is 5.73 Å². The van der Waals surface area contributed by atoms with Crippen LogP contribution in [0.1, 0.15) is 18.4 Å². The van der Waals surface area contributed by atoms with Crippen molar-refractivity contribution in [2.45, 2.75) is 24.5 Å². The molecule has 1 aliphatic rings. The summed E-state index contributed by atoms with van der Waals surface area (Å²) in [6.45, 7) is 1.33. The van der Waals surface area contributed by atoms with Crippen LogP contribution in [0.25, 0.3) is 0 Å². The number of nitrogens with zero attached hydrogens (tertiary/aromatic N) is 1. The van der Waals surface area contributed by atoms with E-state index in [4.69, 9.17) is 5.73 Å². The second-order valence-electron chi connectivity index (χ2n) is 4.67. The van der Waals surface area contributed by atoms with Crippen molar-refractivity contribution in [1.82, 2.24) is 4.31 Å². The summed E-state index contributed by atoms with van der Waals surface area (Å²) in [5.41, 5.74) is 6.67. The highest BCUT2D eigenvalue weighted by molar-refractivity contribution is 7.90. The van der Waals surface area contributed by atoms with E-state index in [1.807, 2.05) is 30.3 Å². The Morgan fingerprint density at radius 3 is 2.39 bits per heavy atom. The number of sulfonamides is 1. The molecule has 1 fully saturated rings. The van der Waals surface area contributed by atoms with Crippen LogP contribution in [0.2, 0.25) is 0 Å². The first-order chi connectivity index (χ1) is 8.64. The first-order valence-corrected chi connectivity index (χ1v) is 7.88. The van der Waals surface area contributed by atoms with Gasteiger partial charge in [-0.15, -0.1) is 0 Å². The normalized spacial score (nSPS) is 16.1. The Morgan fingerprint density at radius 2 is 1.83 bits per heavy atom. The molecule has 1 aromatic carbocycles. The highest BCUT2D eigenvalue weighted by atomic mass is 32.2. The van der Waals surface area contributed by atoms with Crippen LogP contribution in [-0.4, -0.2) is 37.6 Å². The molecule has 100 valence electrons. The molecule has 0 spiro atoms. The molecule has 2 N–H and O–H groups in total. The summed E-state index contributed by atoms with van der Waals surface area (Å²) < 4.78 is 25.9. The lowest BCUT2D eigenvalue weighted by atomic mass is 10.1. The predicted molar refractivity (Wildman–Crippen MR) is 72.7 cm³/mol. The summed E-state index contributed by atoms with van der Waals surface area (Å²) in [6.07, 6.45) is 2.34. The monoisotopic (exact) mass is 268 g/mol. The van der Waals surface area contributed by atoms with Crippen LogP contribution < -0.4 is 5.73 Å². The molecule has 0 radical (unpaired) electrons. The molecule has 0 unspecified atom stereocenters. The first kappa shape index (κ1) is 13.5. The van der Waals surface area contributed by atoms with Gasteiger partial charge < -0.3 is 5.73 Å². The summed E-state index contributed by atoms with van der Waals surface area (Å²) in [5.74, 6) is 0. The van der Waals surface area contributed by atoms with Crippen LogP contribution in [0, 0.1) is 0 Å². The van der Waals surface area contributed by atoms with Crippen molar-refractivity contribution < 1.29 is 8.42 Å². The van der Waals surface area contributed by atoms with Gasteiger partial charge in [0.25, 0.3) is 0 Å². The van der Waals surface area contributed by atoms with Gasteiger partial charge in [0.15, 0.2) is 0 Å². The Balaban J connectivity index is 1.98. The molecule has 18 heavy (non-hydrogen) atoms. The SMILES string of the molecule is NCCN(CCc1ccccc1)S(=O)(=O)C1CC1. The third-order valence-electron chi connectivity index (χ3n) is 3.18. The molecule has 0 bridgehead atoms. The zero-order chi connectivity index (χ0) is 13.0. The predicted octanol–water partition coefficient (Wildman–Crippen LogP) is 0.982. The number of rotatable bonds is 7. The molecule has 0 saturated heterocycles. The molecule has 0 aromatic heterocycles. The summed E-state index contributed by atoms with van der Waals surface area (Å²) in [4.78, 5) is 0. The van der Waals surface area contributed by atoms with Crippen molar-refractivity contribution in [3.05, 3.63) is 35.9 Å². The fraction of sp³-hybridized carbons (Fsp3) is 0.538. The average Bonchev–Trinajstić information content (AvgIpc) is 3.20. The van der Waals surface area contributed by atoms with Crippen LogP contribution in [0.3, 0.4) is 0 Å². The van der Waals surface area contributed by atoms with E-state index < -0.39 is 10.0 Å². The van der Waals surface area contributed by atoms with E-state index in [1.54, 1.807) is 4.31 Å². The molecule has 1 aromatic rings. The first-order valence-electron chi connectivity index (χ1n) is 6.37. The zero-order valence-corrected chi connectivity index (χ0v) is 11.3. The third-order valence-corrected chi connectivity index (χ3v) is 5.58. The minimum absolute atomic E-state index is 0.153. The van der Waals surface area contributed by atoms with Crippen LogP contribution in [0.5, 0.6) is 0 Å². The molecule has 4 nitrogen and oxygen atoms in total. The smallest absolute Gasteiger partial charge is 0.217 e. The van der Waals surface area contributed by atoms with Gasteiger partial charge in [0.2, 0.25) is 10.0 Å². The number of hydrogen-bond acceptors (Lipinski definition) is 3. The molecule has 0 atom stereocenters. The molecule has 1 aliphatic carbocycles. The number of nitrogens with two attached hydrogens (primary N) is 1. The number of benzene rings is 1. The molecule has 2 rings (SSSR count). The molecule has 0 amide bonds. The molecule has 0 aliphatic heterocycles. The minimum atomic E-state index is -3.11. The largest absolute Gasteiger partial charge is 0.329 e. The topological polar surface area (TPSA) is 63.4 Å². The highest BCUT2D eigenvalue weighted by Crippen LogP contribution is 2.30. The Bertz CT molecular complexity index is 469. The van der Waals surface area contributed by atoms with E-state index in [2.05, 4.69) is 0 Å². The maximum atomic E-state index is 12.2.